The van der Waals surface area contributed by atoms with Gasteiger partial charge in [0, 0.05) is 31.7 Å². The molecule has 0 unspecified atom stereocenters. The van der Waals surface area contributed by atoms with E-state index in [0.29, 0.717) is 12.6 Å². The first-order valence-corrected chi connectivity index (χ1v) is 8.50. The number of benzene rings is 1. The summed E-state index contributed by atoms with van der Waals surface area (Å²) >= 11 is 0. The van der Waals surface area contributed by atoms with Gasteiger partial charge in [-0.25, -0.2) is 0 Å². The molecular formula is C18H28N2O2. The lowest BCUT2D eigenvalue weighted by Gasteiger charge is -2.43. The van der Waals surface area contributed by atoms with Gasteiger partial charge in [-0.15, -0.1) is 0 Å². The topological polar surface area (TPSA) is 24.9 Å². The zero-order chi connectivity index (χ0) is 15.5. The summed E-state index contributed by atoms with van der Waals surface area (Å²) in [5, 5.41) is 0. The van der Waals surface area contributed by atoms with Crippen molar-refractivity contribution in [3.63, 3.8) is 0 Å². The average Bonchev–Trinajstić information content (AvgIpc) is 3.00. The van der Waals surface area contributed by atoms with Crippen molar-refractivity contribution in [3.8, 4) is 11.5 Å². The zero-order valence-corrected chi connectivity index (χ0v) is 14.0. The lowest BCUT2D eigenvalue weighted by atomic mass is 10.0. The van der Waals surface area contributed by atoms with Crippen LogP contribution in [0.25, 0.3) is 0 Å². The Balaban J connectivity index is 1.71. The summed E-state index contributed by atoms with van der Waals surface area (Å²) in [5.41, 5.74) is 1.31. The predicted molar refractivity (Wildman–Crippen MR) is 88.6 cm³/mol. The summed E-state index contributed by atoms with van der Waals surface area (Å²) in [6, 6.07) is 7.70. The first-order valence-electron chi connectivity index (χ1n) is 8.50. The van der Waals surface area contributed by atoms with E-state index in [9.17, 15) is 0 Å². The highest BCUT2D eigenvalue weighted by atomic mass is 16.5. The molecular weight excluding hydrogens is 276 g/mol. The number of nitrogens with zero attached hydrogens (tertiary/aromatic N) is 2. The highest BCUT2D eigenvalue weighted by molar-refractivity contribution is 5.43. The van der Waals surface area contributed by atoms with Crippen LogP contribution >= 0.6 is 0 Å². The fourth-order valence-corrected chi connectivity index (χ4v) is 3.93. The van der Waals surface area contributed by atoms with Gasteiger partial charge < -0.3 is 9.47 Å². The summed E-state index contributed by atoms with van der Waals surface area (Å²) in [6.45, 7) is 9.71. The minimum absolute atomic E-state index is 0.633. The molecule has 4 nitrogen and oxygen atoms in total. The maximum atomic E-state index is 5.70. The molecule has 0 aromatic heterocycles. The van der Waals surface area contributed by atoms with Crippen molar-refractivity contribution in [2.45, 2.75) is 45.3 Å². The Hall–Kier alpha value is -1.26. The fraction of sp³-hybridized carbons (Fsp3) is 0.667. The SMILES string of the molecule is CCOc1cc(CN2CCN3CCC[C@H]3[C@@H]2C)ccc1OC. The van der Waals surface area contributed by atoms with Gasteiger partial charge in [0.25, 0.3) is 0 Å². The van der Waals surface area contributed by atoms with Crippen LogP contribution in [0.2, 0.25) is 0 Å². The van der Waals surface area contributed by atoms with Crippen molar-refractivity contribution in [2.75, 3.05) is 33.4 Å². The number of fused-ring (bicyclic) bond motifs is 1. The van der Waals surface area contributed by atoms with E-state index in [1.165, 1.54) is 31.5 Å². The van der Waals surface area contributed by atoms with E-state index in [1.807, 2.05) is 13.0 Å². The maximum Gasteiger partial charge on any atom is 0.161 e. The largest absolute Gasteiger partial charge is 0.493 e. The Kier molecular flexibility index (Phi) is 4.89. The van der Waals surface area contributed by atoms with Crippen molar-refractivity contribution in [1.82, 2.24) is 9.80 Å². The third-order valence-electron chi connectivity index (χ3n) is 5.14. The van der Waals surface area contributed by atoms with Crippen molar-refractivity contribution >= 4 is 0 Å². The molecule has 0 amide bonds. The molecule has 2 atom stereocenters. The molecule has 22 heavy (non-hydrogen) atoms. The molecule has 0 spiro atoms. The Morgan fingerprint density at radius 2 is 2.05 bits per heavy atom. The van der Waals surface area contributed by atoms with Crippen LogP contribution < -0.4 is 9.47 Å². The van der Waals surface area contributed by atoms with Gasteiger partial charge in [-0.2, -0.15) is 0 Å². The van der Waals surface area contributed by atoms with Crippen LogP contribution in [-0.4, -0.2) is 55.2 Å². The van der Waals surface area contributed by atoms with Crippen LogP contribution in [0.3, 0.4) is 0 Å². The van der Waals surface area contributed by atoms with E-state index in [0.717, 1.165) is 30.6 Å². The molecule has 0 bridgehead atoms. The molecule has 122 valence electrons. The molecule has 2 fully saturated rings. The van der Waals surface area contributed by atoms with Crippen molar-refractivity contribution in [1.29, 1.82) is 0 Å². The van der Waals surface area contributed by atoms with Crippen molar-refractivity contribution in [2.24, 2.45) is 0 Å². The summed E-state index contributed by atoms with van der Waals surface area (Å²) in [6.07, 6.45) is 2.71. The zero-order valence-electron chi connectivity index (χ0n) is 14.0. The van der Waals surface area contributed by atoms with Gasteiger partial charge in [0.1, 0.15) is 0 Å². The number of ether oxygens (including phenoxy) is 2. The lowest BCUT2D eigenvalue weighted by molar-refractivity contribution is 0.0470. The molecule has 2 heterocycles. The maximum absolute atomic E-state index is 5.70. The van der Waals surface area contributed by atoms with Gasteiger partial charge in [0.05, 0.1) is 13.7 Å². The van der Waals surface area contributed by atoms with Crippen LogP contribution in [0.5, 0.6) is 11.5 Å². The normalized spacial score (nSPS) is 26.0. The first-order chi connectivity index (χ1) is 10.7. The molecule has 0 N–H and O–H groups in total. The minimum Gasteiger partial charge on any atom is -0.493 e. The molecule has 1 aromatic carbocycles. The second-order valence-electron chi connectivity index (χ2n) is 6.37. The van der Waals surface area contributed by atoms with Crippen LogP contribution in [0.15, 0.2) is 18.2 Å². The molecule has 2 saturated heterocycles. The molecule has 4 heteroatoms. The molecule has 3 rings (SSSR count). The third-order valence-corrected chi connectivity index (χ3v) is 5.14. The summed E-state index contributed by atoms with van der Waals surface area (Å²) in [7, 11) is 1.69. The molecule has 0 saturated carbocycles. The smallest absolute Gasteiger partial charge is 0.161 e. The number of hydrogen-bond donors (Lipinski definition) is 0. The number of piperazine rings is 1. The Morgan fingerprint density at radius 3 is 2.82 bits per heavy atom. The van der Waals surface area contributed by atoms with E-state index in [4.69, 9.17) is 9.47 Å². The van der Waals surface area contributed by atoms with Gasteiger partial charge in [0.15, 0.2) is 11.5 Å². The molecule has 1 aromatic rings. The van der Waals surface area contributed by atoms with Gasteiger partial charge >= 0.3 is 0 Å². The van der Waals surface area contributed by atoms with E-state index in [2.05, 4.69) is 28.9 Å². The highest BCUT2D eigenvalue weighted by Gasteiger charge is 2.36. The first kappa shape index (κ1) is 15.6. The van der Waals surface area contributed by atoms with E-state index in [1.54, 1.807) is 7.11 Å². The average molecular weight is 304 g/mol. The number of hydrogen-bond acceptors (Lipinski definition) is 4. The van der Waals surface area contributed by atoms with Gasteiger partial charge in [0.2, 0.25) is 0 Å². The monoisotopic (exact) mass is 304 g/mol. The van der Waals surface area contributed by atoms with Crippen molar-refractivity contribution in [3.05, 3.63) is 23.8 Å². The summed E-state index contributed by atoms with van der Waals surface area (Å²) < 4.78 is 11.1. The van der Waals surface area contributed by atoms with Gasteiger partial charge in [-0.3, -0.25) is 9.80 Å². The minimum atomic E-state index is 0.633. The highest BCUT2D eigenvalue weighted by Crippen LogP contribution is 2.31. The quantitative estimate of drug-likeness (QED) is 0.835. The molecule has 2 aliphatic rings. The van der Waals surface area contributed by atoms with Crippen molar-refractivity contribution < 1.29 is 9.47 Å². The lowest BCUT2D eigenvalue weighted by Crippen LogP contribution is -2.55. The van der Waals surface area contributed by atoms with Crippen LogP contribution in [0.1, 0.15) is 32.3 Å². The molecule has 0 radical (unpaired) electrons. The Bertz CT molecular complexity index is 506. The number of methoxy groups -OCH3 is 1. The van der Waals surface area contributed by atoms with Gasteiger partial charge in [-0.05, 0) is 50.9 Å². The molecule has 2 aliphatic heterocycles. The van der Waals surface area contributed by atoms with E-state index >= 15 is 0 Å². The van der Waals surface area contributed by atoms with E-state index in [-0.39, 0.29) is 0 Å². The van der Waals surface area contributed by atoms with E-state index < -0.39 is 0 Å². The third kappa shape index (κ3) is 3.08. The number of rotatable bonds is 5. The fourth-order valence-electron chi connectivity index (χ4n) is 3.93. The standard InChI is InChI=1S/C18H28N2O2/c1-4-22-18-12-15(7-8-17(18)21-3)13-20-11-10-19-9-5-6-16(19)14(20)2/h7-8,12,14,16H,4-6,9-11,13H2,1-3H3/t14-,16-/m0/s1. The second kappa shape index (κ2) is 6.88. The Labute approximate surface area is 134 Å². The Morgan fingerprint density at radius 1 is 1.18 bits per heavy atom. The van der Waals surface area contributed by atoms with Crippen LogP contribution in [-0.2, 0) is 6.54 Å². The van der Waals surface area contributed by atoms with Gasteiger partial charge in [-0.1, -0.05) is 6.07 Å². The molecule has 0 aliphatic carbocycles. The van der Waals surface area contributed by atoms with Crippen LogP contribution in [0.4, 0.5) is 0 Å². The predicted octanol–water partition coefficient (Wildman–Crippen LogP) is 2.76. The summed E-state index contributed by atoms with van der Waals surface area (Å²) in [4.78, 5) is 5.28. The second-order valence-corrected chi connectivity index (χ2v) is 6.37. The van der Waals surface area contributed by atoms with Crippen LogP contribution in [0, 0.1) is 0 Å². The summed E-state index contributed by atoms with van der Waals surface area (Å²) in [5.74, 6) is 1.67.